The lowest BCUT2D eigenvalue weighted by Gasteiger charge is -2.22. The van der Waals surface area contributed by atoms with Crippen LogP contribution in [0.4, 0.5) is 5.82 Å². The third-order valence-corrected chi connectivity index (χ3v) is 3.42. The molecule has 0 bridgehead atoms. The predicted octanol–water partition coefficient (Wildman–Crippen LogP) is 3.14. The highest BCUT2D eigenvalue weighted by atomic mass is 15.3. The maximum atomic E-state index is 4.40. The van der Waals surface area contributed by atoms with Crippen LogP contribution in [0.25, 0.3) is 0 Å². The fourth-order valence-corrected chi connectivity index (χ4v) is 2.08. The van der Waals surface area contributed by atoms with Crippen molar-refractivity contribution in [3.8, 4) is 0 Å². The van der Waals surface area contributed by atoms with Gasteiger partial charge in [-0.3, -0.25) is 0 Å². The van der Waals surface area contributed by atoms with E-state index in [1.807, 2.05) is 6.20 Å². The molecule has 1 aliphatic rings. The maximum absolute atomic E-state index is 4.40. The molecule has 16 heavy (non-hydrogen) atoms. The summed E-state index contributed by atoms with van der Waals surface area (Å²) in [5, 5.41) is 8.01. The van der Waals surface area contributed by atoms with Crippen molar-refractivity contribution >= 4 is 5.82 Å². The van der Waals surface area contributed by atoms with Crippen LogP contribution in [0.1, 0.15) is 40.0 Å². The highest BCUT2D eigenvalue weighted by Gasteiger charge is 2.23. The zero-order valence-corrected chi connectivity index (χ0v) is 10.6. The van der Waals surface area contributed by atoms with E-state index in [9.17, 15) is 0 Å². The van der Waals surface area contributed by atoms with Gasteiger partial charge in [-0.1, -0.05) is 20.8 Å². The Hall–Kier alpha value is -0.990. The van der Waals surface area contributed by atoms with E-state index in [0.717, 1.165) is 18.9 Å². The minimum atomic E-state index is 0.551. The van der Waals surface area contributed by atoms with Crippen LogP contribution < -0.4 is 5.32 Å². The summed E-state index contributed by atoms with van der Waals surface area (Å²) < 4.78 is 2.13. The lowest BCUT2D eigenvalue weighted by Crippen LogP contribution is -2.26. The smallest absolute Gasteiger partial charge is 0.124 e. The van der Waals surface area contributed by atoms with Gasteiger partial charge in [0.05, 0.1) is 6.20 Å². The molecule has 1 heterocycles. The van der Waals surface area contributed by atoms with Gasteiger partial charge < -0.3 is 5.32 Å². The number of aromatic nitrogens is 2. The second-order valence-corrected chi connectivity index (χ2v) is 5.25. The van der Waals surface area contributed by atoms with E-state index in [1.165, 1.54) is 18.7 Å². The molecule has 0 saturated heterocycles. The Kier molecular flexibility index (Phi) is 3.52. The van der Waals surface area contributed by atoms with Gasteiger partial charge in [0.1, 0.15) is 5.82 Å². The Morgan fingerprint density at radius 2 is 2.25 bits per heavy atom. The monoisotopic (exact) mass is 221 g/mol. The van der Waals surface area contributed by atoms with Crippen LogP contribution in [0.5, 0.6) is 0 Å². The molecule has 1 unspecified atom stereocenters. The summed E-state index contributed by atoms with van der Waals surface area (Å²) in [7, 11) is 0. The third-order valence-electron chi connectivity index (χ3n) is 3.42. The van der Waals surface area contributed by atoms with Crippen LogP contribution in [0, 0.1) is 11.8 Å². The Morgan fingerprint density at radius 3 is 2.81 bits per heavy atom. The van der Waals surface area contributed by atoms with E-state index in [0.29, 0.717) is 12.0 Å². The van der Waals surface area contributed by atoms with Crippen LogP contribution in [-0.4, -0.2) is 15.8 Å². The molecule has 0 aliphatic heterocycles. The van der Waals surface area contributed by atoms with Crippen LogP contribution in [0.2, 0.25) is 0 Å². The predicted molar refractivity (Wildman–Crippen MR) is 67.5 cm³/mol. The molecule has 90 valence electrons. The van der Waals surface area contributed by atoms with E-state index >= 15 is 0 Å². The average Bonchev–Trinajstić information content (AvgIpc) is 2.94. The first kappa shape index (κ1) is 11.5. The summed E-state index contributed by atoms with van der Waals surface area (Å²) in [6.45, 7) is 7.86. The SMILES string of the molecule is CCC(Nc1ccnn1CC1CC1)C(C)C. The highest BCUT2D eigenvalue weighted by Crippen LogP contribution is 2.31. The van der Waals surface area contributed by atoms with E-state index in [-0.39, 0.29) is 0 Å². The molecule has 0 amide bonds. The number of hydrogen-bond donors (Lipinski definition) is 1. The molecule has 1 N–H and O–H groups in total. The van der Waals surface area contributed by atoms with Gasteiger partial charge in [-0.15, -0.1) is 0 Å². The van der Waals surface area contributed by atoms with Gasteiger partial charge in [0, 0.05) is 18.7 Å². The van der Waals surface area contributed by atoms with Crippen molar-refractivity contribution in [3.63, 3.8) is 0 Å². The number of nitrogens with zero attached hydrogens (tertiary/aromatic N) is 2. The van der Waals surface area contributed by atoms with Gasteiger partial charge in [0.2, 0.25) is 0 Å². The van der Waals surface area contributed by atoms with Gasteiger partial charge in [-0.2, -0.15) is 5.10 Å². The van der Waals surface area contributed by atoms with Crippen LogP contribution in [0.3, 0.4) is 0 Å². The zero-order valence-electron chi connectivity index (χ0n) is 10.6. The molecule has 1 saturated carbocycles. The van der Waals surface area contributed by atoms with Crippen LogP contribution in [0.15, 0.2) is 12.3 Å². The molecule has 0 aromatic carbocycles. The van der Waals surface area contributed by atoms with Crippen molar-refractivity contribution in [2.45, 2.75) is 52.6 Å². The van der Waals surface area contributed by atoms with Crippen molar-refractivity contribution in [1.82, 2.24) is 9.78 Å². The number of nitrogens with one attached hydrogen (secondary N) is 1. The molecule has 1 aromatic rings. The fraction of sp³-hybridized carbons (Fsp3) is 0.769. The molecular weight excluding hydrogens is 198 g/mol. The van der Waals surface area contributed by atoms with Gasteiger partial charge >= 0.3 is 0 Å². The van der Waals surface area contributed by atoms with E-state index in [1.54, 1.807) is 0 Å². The molecule has 3 nitrogen and oxygen atoms in total. The van der Waals surface area contributed by atoms with E-state index < -0.39 is 0 Å². The molecule has 0 radical (unpaired) electrons. The lowest BCUT2D eigenvalue weighted by molar-refractivity contribution is 0.497. The fourth-order valence-electron chi connectivity index (χ4n) is 2.08. The molecule has 1 aliphatic carbocycles. The quantitative estimate of drug-likeness (QED) is 0.799. The van der Waals surface area contributed by atoms with Crippen molar-refractivity contribution in [3.05, 3.63) is 12.3 Å². The summed E-state index contributed by atoms with van der Waals surface area (Å²) in [4.78, 5) is 0. The molecule has 1 fully saturated rings. The zero-order chi connectivity index (χ0) is 11.5. The molecular formula is C13H23N3. The number of hydrogen-bond acceptors (Lipinski definition) is 2. The second-order valence-electron chi connectivity index (χ2n) is 5.25. The number of anilines is 1. The Morgan fingerprint density at radius 1 is 1.50 bits per heavy atom. The lowest BCUT2D eigenvalue weighted by atomic mass is 10.0. The first-order valence-corrected chi connectivity index (χ1v) is 6.49. The topological polar surface area (TPSA) is 29.9 Å². The van der Waals surface area contributed by atoms with Gasteiger partial charge in [-0.05, 0) is 31.1 Å². The summed E-state index contributed by atoms with van der Waals surface area (Å²) in [6, 6.07) is 2.64. The van der Waals surface area contributed by atoms with Gasteiger partial charge in [0.15, 0.2) is 0 Å². The first-order valence-electron chi connectivity index (χ1n) is 6.49. The molecule has 3 heteroatoms. The largest absolute Gasteiger partial charge is 0.367 e. The molecule has 2 rings (SSSR count). The van der Waals surface area contributed by atoms with Crippen LogP contribution >= 0.6 is 0 Å². The Labute approximate surface area is 98.2 Å². The summed E-state index contributed by atoms with van der Waals surface area (Å²) in [5.74, 6) is 2.72. The normalized spacial score (nSPS) is 17.8. The Bertz CT molecular complexity index is 326. The molecule has 1 atom stereocenters. The van der Waals surface area contributed by atoms with E-state index in [4.69, 9.17) is 0 Å². The maximum Gasteiger partial charge on any atom is 0.124 e. The van der Waals surface area contributed by atoms with Crippen molar-refractivity contribution < 1.29 is 0 Å². The van der Waals surface area contributed by atoms with Crippen molar-refractivity contribution in [1.29, 1.82) is 0 Å². The van der Waals surface area contributed by atoms with E-state index in [2.05, 4.69) is 41.9 Å². The summed E-state index contributed by atoms with van der Waals surface area (Å²) in [6.07, 6.45) is 5.81. The number of rotatable bonds is 6. The van der Waals surface area contributed by atoms with Crippen LogP contribution in [-0.2, 0) is 6.54 Å². The van der Waals surface area contributed by atoms with Gasteiger partial charge in [-0.25, -0.2) is 4.68 Å². The van der Waals surface area contributed by atoms with Crippen molar-refractivity contribution in [2.75, 3.05) is 5.32 Å². The summed E-state index contributed by atoms with van der Waals surface area (Å²) >= 11 is 0. The summed E-state index contributed by atoms with van der Waals surface area (Å²) in [5.41, 5.74) is 0. The van der Waals surface area contributed by atoms with Gasteiger partial charge in [0.25, 0.3) is 0 Å². The minimum absolute atomic E-state index is 0.551. The standard InChI is InChI=1S/C13H23N3/c1-4-12(10(2)3)15-13-7-8-14-16(13)9-11-5-6-11/h7-8,10-12,15H,4-6,9H2,1-3H3. The van der Waals surface area contributed by atoms with Crippen molar-refractivity contribution in [2.24, 2.45) is 11.8 Å². The molecule has 1 aromatic heterocycles. The minimum Gasteiger partial charge on any atom is -0.367 e. The first-order chi connectivity index (χ1) is 7.70. The average molecular weight is 221 g/mol. The molecule has 0 spiro atoms. The third kappa shape index (κ3) is 2.77. The highest BCUT2D eigenvalue weighted by molar-refractivity contribution is 5.35. The second kappa shape index (κ2) is 4.89. The Balaban J connectivity index is 1.98.